The van der Waals surface area contributed by atoms with E-state index in [-0.39, 0.29) is 17.9 Å². The average molecular weight is 349 g/mol. The van der Waals surface area contributed by atoms with Crippen molar-refractivity contribution in [1.29, 1.82) is 0 Å². The maximum absolute atomic E-state index is 11.4. The third kappa shape index (κ3) is 3.64. The van der Waals surface area contributed by atoms with Gasteiger partial charge in [-0.05, 0) is 21.9 Å². The molecule has 2 aromatic rings. The number of primary amides is 1. The molecule has 0 bridgehead atoms. The number of tetrazole rings is 1. The van der Waals surface area contributed by atoms with Crippen LogP contribution in [0.5, 0.6) is 0 Å². The minimum Gasteiger partial charge on any atom is -0.369 e. The van der Waals surface area contributed by atoms with Gasteiger partial charge in [0.1, 0.15) is 0 Å². The molecule has 1 fully saturated rings. The van der Waals surface area contributed by atoms with Crippen LogP contribution in [0.1, 0.15) is 43.4 Å². The number of quaternary nitrogens is 1. The Morgan fingerprint density at radius 1 is 1.46 bits per heavy atom. The molecule has 24 heavy (non-hydrogen) atoms. The molecule has 0 saturated carbocycles. The van der Waals surface area contributed by atoms with E-state index in [2.05, 4.69) is 40.8 Å². The van der Waals surface area contributed by atoms with Gasteiger partial charge in [-0.1, -0.05) is 19.9 Å². The zero-order valence-corrected chi connectivity index (χ0v) is 15.0. The number of hydrogen-bond donors (Lipinski definition) is 2. The number of nitrogens with two attached hydrogens (primary N) is 1. The fourth-order valence-corrected chi connectivity index (χ4v) is 4.32. The van der Waals surface area contributed by atoms with Gasteiger partial charge in [0.05, 0.1) is 19.6 Å². The van der Waals surface area contributed by atoms with Gasteiger partial charge in [0.2, 0.25) is 11.7 Å². The minimum absolute atomic E-state index is 0.0173. The molecule has 0 spiro atoms. The van der Waals surface area contributed by atoms with E-state index in [0.29, 0.717) is 12.5 Å². The monoisotopic (exact) mass is 349 g/mol. The number of nitrogens with one attached hydrogen (secondary N) is 1. The summed E-state index contributed by atoms with van der Waals surface area (Å²) in [6.45, 7) is 7.00. The highest BCUT2D eigenvalue weighted by molar-refractivity contribution is 7.09. The van der Waals surface area contributed by atoms with Crippen LogP contribution in [0.4, 0.5) is 0 Å². The highest BCUT2D eigenvalue weighted by Gasteiger charge is 2.36. The van der Waals surface area contributed by atoms with Gasteiger partial charge in [-0.25, -0.2) is 4.68 Å². The van der Waals surface area contributed by atoms with Gasteiger partial charge in [-0.15, -0.1) is 16.4 Å². The first-order chi connectivity index (χ1) is 11.6. The Kier molecular flexibility index (Phi) is 5.25. The largest absolute Gasteiger partial charge is 0.369 e. The summed E-state index contributed by atoms with van der Waals surface area (Å²) in [6.07, 6.45) is 1.70. The standard InChI is InChI=1S/C16H24N6OS/c1-11(2)14(21-7-5-12(6-8-21)15(17)23)16-18-19-20-22(16)10-13-4-3-9-24-13/h3-4,9,11-12,14H,5-8,10H2,1-2H3,(H2,17,23)/p+1/t14-/m1/s1. The third-order valence-corrected chi connectivity index (χ3v) is 5.72. The molecule has 1 amide bonds. The van der Waals surface area contributed by atoms with Gasteiger partial charge in [-0.3, -0.25) is 4.79 Å². The molecule has 1 aliphatic rings. The SMILES string of the molecule is CC(C)[C@H](c1nnnn1Cc1cccs1)[NH+]1CCC(C(N)=O)CC1. The highest BCUT2D eigenvalue weighted by atomic mass is 32.1. The van der Waals surface area contributed by atoms with Crippen LogP contribution < -0.4 is 10.6 Å². The van der Waals surface area contributed by atoms with Crippen molar-refractivity contribution >= 4 is 17.2 Å². The van der Waals surface area contributed by atoms with Gasteiger partial charge >= 0.3 is 0 Å². The predicted molar refractivity (Wildman–Crippen MR) is 91.4 cm³/mol. The van der Waals surface area contributed by atoms with Crippen LogP contribution in [-0.2, 0) is 11.3 Å². The second kappa shape index (κ2) is 7.40. The average Bonchev–Trinajstić information content (AvgIpc) is 3.21. The number of rotatable bonds is 6. The summed E-state index contributed by atoms with van der Waals surface area (Å²) in [4.78, 5) is 14.1. The molecule has 1 aliphatic heterocycles. The second-order valence-corrected chi connectivity index (χ2v) is 7.86. The summed E-state index contributed by atoms with van der Waals surface area (Å²) < 4.78 is 1.92. The fraction of sp³-hybridized carbons (Fsp3) is 0.625. The first kappa shape index (κ1) is 17.0. The lowest BCUT2D eigenvalue weighted by Gasteiger charge is -2.35. The van der Waals surface area contributed by atoms with E-state index in [0.717, 1.165) is 31.8 Å². The van der Waals surface area contributed by atoms with Crippen LogP contribution in [0.3, 0.4) is 0 Å². The van der Waals surface area contributed by atoms with Gasteiger partial charge in [-0.2, -0.15) is 0 Å². The Morgan fingerprint density at radius 2 is 2.21 bits per heavy atom. The van der Waals surface area contributed by atoms with E-state index >= 15 is 0 Å². The second-order valence-electron chi connectivity index (χ2n) is 6.83. The molecule has 3 N–H and O–H groups in total. The van der Waals surface area contributed by atoms with Crippen LogP contribution in [0.15, 0.2) is 17.5 Å². The minimum atomic E-state index is -0.169. The van der Waals surface area contributed by atoms with Gasteiger partial charge in [0.25, 0.3) is 0 Å². The maximum Gasteiger partial charge on any atom is 0.220 e. The number of carbonyl (C=O) groups excluding carboxylic acids is 1. The van der Waals surface area contributed by atoms with Crippen molar-refractivity contribution in [2.24, 2.45) is 17.6 Å². The molecular weight excluding hydrogens is 324 g/mol. The lowest BCUT2D eigenvalue weighted by atomic mass is 9.92. The van der Waals surface area contributed by atoms with Crippen LogP contribution in [0.2, 0.25) is 0 Å². The lowest BCUT2D eigenvalue weighted by Crippen LogP contribution is -3.14. The summed E-state index contributed by atoms with van der Waals surface area (Å²) in [6, 6.07) is 4.38. The van der Waals surface area contributed by atoms with E-state index in [4.69, 9.17) is 5.73 Å². The topological polar surface area (TPSA) is 91.1 Å². The summed E-state index contributed by atoms with van der Waals surface area (Å²) in [5.41, 5.74) is 5.46. The molecule has 1 atom stereocenters. The van der Waals surface area contributed by atoms with Crippen molar-refractivity contribution in [3.8, 4) is 0 Å². The first-order valence-electron chi connectivity index (χ1n) is 8.48. The zero-order chi connectivity index (χ0) is 17.1. The van der Waals surface area contributed by atoms with Crippen LogP contribution in [0.25, 0.3) is 0 Å². The van der Waals surface area contributed by atoms with E-state index < -0.39 is 0 Å². The Hall–Kier alpha value is -1.80. The van der Waals surface area contributed by atoms with Crippen molar-refractivity contribution < 1.29 is 9.69 Å². The van der Waals surface area contributed by atoms with Crippen molar-refractivity contribution in [3.05, 3.63) is 28.2 Å². The molecule has 7 nitrogen and oxygen atoms in total. The summed E-state index contributed by atoms with van der Waals surface area (Å²) in [5, 5.41) is 14.5. The third-order valence-electron chi connectivity index (χ3n) is 4.86. The smallest absolute Gasteiger partial charge is 0.220 e. The van der Waals surface area contributed by atoms with Crippen LogP contribution in [-0.4, -0.2) is 39.2 Å². The molecule has 130 valence electrons. The molecule has 2 aromatic heterocycles. The number of aromatic nitrogens is 4. The number of hydrogen-bond acceptors (Lipinski definition) is 5. The Labute approximate surface area is 145 Å². The van der Waals surface area contributed by atoms with Crippen molar-refractivity contribution in [2.75, 3.05) is 13.1 Å². The summed E-state index contributed by atoms with van der Waals surface area (Å²) in [7, 11) is 0. The van der Waals surface area contributed by atoms with Gasteiger partial charge in [0.15, 0.2) is 6.04 Å². The molecule has 3 heterocycles. The van der Waals surface area contributed by atoms with E-state index in [1.807, 2.05) is 10.7 Å². The Balaban J connectivity index is 1.77. The van der Waals surface area contributed by atoms with E-state index in [1.54, 1.807) is 11.3 Å². The molecule has 0 unspecified atom stereocenters. The lowest BCUT2D eigenvalue weighted by molar-refractivity contribution is -0.941. The molecule has 0 aromatic carbocycles. The normalized spacial score (nSPS) is 22.6. The van der Waals surface area contributed by atoms with Crippen LogP contribution >= 0.6 is 11.3 Å². The number of thiophene rings is 1. The number of likely N-dealkylation sites (tertiary alicyclic amines) is 1. The molecule has 0 radical (unpaired) electrons. The highest BCUT2D eigenvalue weighted by Crippen LogP contribution is 2.20. The molecule has 8 heteroatoms. The maximum atomic E-state index is 11.4. The van der Waals surface area contributed by atoms with Crippen molar-refractivity contribution in [3.63, 3.8) is 0 Å². The molecule has 1 saturated heterocycles. The molecule has 0 aliphatic carbocycles. The summed E-state index contributed by atoms with van der Waals surface area (Å²) >= 11 is 1.71. The fourth-order valence-electron chi connectivity index (χ4n) is 3.63. The van der Waals surface area contributed by atoms with Gasteiger partial charge in [0, 0.05) is 29.6 Å². The van der Waals surface area contributed by atoms with E-state index in [1.165, 1.54) is 9.78 Å². The molecule has 3 rings (SSSR count). The van der Waals surface area contributed by atoms with Crippen molar-refractivity contribution in [1.82, 2.24) is 20.2 Å². The quantitative estimate of drug-likeness (QED) is 0.783. The number of piperidine rings is 1. The number of nitrogens with zero attached hydrogens (tertiary/aromatic N) is 4. The van der Waals surface area contributed by atoms with Gasteiger partial charge < -0.3 is 10.6 Å². The van der Waals surface area contributed by atoms with Crippen molar-refractivity contribution in [2.45, 2.75) is 39.3 Å². The Bertz CT molecular complexity index is 660. The number of carbonyl (C=O) groups is 1. The van der Waals surface area contributed by atoms with Crippen LogP contribution in [0, 0.1) is 11.8 Å². The predicted octanol–water partition coefficient (Wildman–Crippen LogP) is 0.260. The van der Waals surface area contributed by atoms with E-state index in [9.17, 15) is 4.79 Å². The summed E-state index contributed by atoms with van der Waals surface area (Å²) in [5.74, 6) is 1.20. The first-order valence-corrected chi connectivity index (χ1v) is 9.36. The Morgan fingerprint density at radius 3 is 2.79 bits per heavy atom. The molecular formula is C16H25N6OS+. The zero-order valence-electron chi connectivity index (χ0n) is 14.2. The number of amides is 1.